The highest BCUT2D eigenvalue weighted by Crippen LogP contribution is 2.09. The second-order valence-corrected chi connectivity index (χ2v) is 4.40. The molecule has 0 bridgehead atoms. The lowest BCUT2D eigenvalue weighted by Crippen LogP contribution is -2.30. The van der Waals surface area contributed by atoms with Crippen molar-refractivity contribution in [3.8, 4) is 5.75 Å². The molecule has 4 nitrogen and oxygen atoms in total. The maximum Gasteiger partial charge on any atom is 0.319 e. The van der Waals surface area contributed by atoms with E-state index in [1.165, 1.54) is 24.3 Å². The number of carbonyl (C=O) groups is 1. The van der Waals surface area contributed by atoms with Gasteiger partial charge in [-0.1, -0.05) is 18.2 Å². The molecule has 0 radical (unpaired) electrons. The van der Waals surface area contributed by atoms with Crippen LogP contribution in [0.5, 0.6) is 5.75 Å². The molecule has 2 aromatic carbocycles. The normalized spacial score (nSPS) is 9.95. The van der Waals surface area contributed by atoms with E-state index in [0.29, 0.717) is 25.3 Å². The Hall–Kier alpha value is -2.56. The molecule has 2 aromatic rings. The Balaban J connectivity index is 1.60. The van der Waals surface area contributed by atoms with Crippen molar-refractivity contribution in [2.75, 3.05) is 18.5 Å². The number of ether oxygens (including phenoxy) is 1. The first-order valence-electron chi connectivity index (χ1n) is 6.72. The summed E-state index contributed by atoms with van der Waals surface area (Å²) in [5.41, 5.74) is 0.550. The quantitative estimate of drug-likeness (QED) is 0.800. The number of amides is 2. The summed E-state index contributed by atoms with van der Waals surface area (Å²) in [6, 6.07) is 14.8. The standard InChI is InChI=1S/C16H17FN2O2/c17-13-7-9-14(10-8-13)19-16(20)18-11-4-12-21-15-5-2-1-3-6-15/h1-3,5-10H,4,11-12H2,(H2,18,19,20). The monoisotopic (exact) mass is 288 g/mol. The zero-order valence-electron chi connectivity index (χ0n) is 11.5. The number of carbonyl (C=O) groups excluding carboxylic acids is 1. The van der Waals surface area contributed by atoms with Crippen LogP contribution in [0, 0.1) is 5.82 Å². The summed E-state index contributed by atoms with van der Waals surface area (Å²) in [5, 5.41) is 5.33. The Kier molecular flexibility index (Phi) is 5.58. The molecule has 0 saturated heterocycles. The molecule has 0 atom stereocenters. The van der Waals surface area contributed by atoms with Gasteiger partial charge in [0, 0.05) is 12.2 Å². The van der Waals surface area contributed by atoms with Crippen molar-refractivity contribution in [3.05, 3.63) is 60.4 Å². The zero-order chi connectivity index (χ0) is 14.9. The molecule has 2 N–H and O–H groups in total. The summed E-state index contributed by atoms with van der Waals surface area (Å²) in [4.78, 5) is 11.6. The molecule has 0 heterocycles. The summed E-state index contributed by atoms with van der Waals surface area (Å²) in [6.07, 6.45) is 0.700. The number of para-hydroxylation sites is 1. The third-order valence-corrected chi connectivity index (χ3v) is 2.72. The van der Waals surface area contributed by atoms with Crippen LogP contribution in [-0.2, 0) is 0 Å². The predicted octanol–water partition coefficient (Wildman–Crippen LogP) is 3.42. The number of urea groups is 1. The fraction of sp³-hybridized carbons (Fsp3) is 0.188. The van der Waals surface area contributed by atoms with Crippen LogP contribution in [0.2, 0.25) is 0 Å². The molecule has 0 aliphatic rings. The van der Waals surface area contributed by atoms with Crippen LogP contribution in [0.15, 0.2) is 54.6 Å². The van der Waals surface area contributed by atoms with Crippen LogP contribution in [-0.4, -0.2) is 19.2 Å². The van der Waals surface area contributed by atoms with E-state index in [1.54, 1.807) is 0 Å². The smallest absolute Gasteiger partial charge is 0.319 e. The Morgan fingerprint density at radius 1 is 1.05 bits per heavy atom. The lowest BCUT2D eigenvalue weighted by molar-refractivity contribution is 0.250. The van der Waals surface area contributed by atoms with Gasteiger partial charge in [0.1, 0.15) is 11.6 Å². The number of nitrogens with one attached hydrogen (secondary N) is 2. The van der Waals surface area contributed by atoms with Gasteiger partial charge in [0.25, 0.3) is 0 Å². The number of hydrogen-bond donors (Lipinski definition) is 2. The first kappa shape index (κ1) is 14.8. The minimum Gasteiger partial charge on any atom is -0.494 e. The predicted molar refractivity (Wildman–Crippen MR) is 80.0 cm³/mol. The zero-order valence-corrected chi connectivity index (χ0v) is 11.5. The molecule has 2 rings (SSSR count). The second kappa shape index (κ2) is 7.89. The Morgan fingerprint density at radius 3 is 2.48 bits per heavy atom. The van der Waals surface area contributed by atoms with Crippen molar-refractivity contribution >= 4 is 11.7 Å². The van der Waals surface area contributed by atoms with E-state index in [1.807, 2.05) is 30.3 Å². The van der Waals surface area contributed by atoms with Gasteiger partial charge in [-0.05, 0) is 42.8 Å². The van der Waals surface area contributed by atoms with Crippen molar-refractivity contribution in [1.29, 1.82) is 0 Å². The topological polar surface area (TPSA) is 50.4 Å². The molecular weight excluding hydrogens is 271 g/mol. The van der Waals surface area contributed by atoms with Crippen LogP contribution < -0.4 is 15.4 Å². The molecule has 21 heavy (non-hydrogen) atoms. The average Bonchev–Trinajstić information content (AvgIpc) is 2.50. The maximum absolute atomic E-state index is 12.7. The maximum atomic E-state index is 12.7. The molecule has 0 spiro atoms. The third kappa shape index (κ3) is 5.52. The van der Waals surface area contributed by atoms with Gasteiger partial charge < -0.3 is 15.4 Å². The molecule has 2 amide bonds. The SMILES string of the molecule is O=C(NCCCOc1ccccc1)Nc1ccc(F)cc1. The van der Waals surface area contributed by atoms with Gasteiger partial charge in [-0.3, -0.25) is 0 Å². The Morgan fingerprint density at radius 2 is 1.76 bits per heavy atom. The van der Waals surface area contributed by atoms with Crippen LogP contribution in [0.25, 0.3) is 0 Å². The van der Waals surface area contributed by atoms with Crippen molar-refractivity contribution in [2.24, 2.45) is 0 Å². The van der Waals surface area contributed by atoms with Gasteiger partial charge in [0.15, 0.2) is 0 Å². The van der Waals surface area contributed by atoms with E-state index in [-0.39, 0.29) is 11.8 Å². The highest BCUT2D eigenvalue weighted by molar-refractivity contribution is 5.89. The molecule has 5 heteroatoms. The fourth-order valence-electron chi connectivity index (χ4n) is 1.69. The van der Waals surface area contributed by atoms with Crippen LogP contribution in [0.1, 0.15) is 6.42 Å². The van der Waals surface area contributed by atoms with Gasteiger partial charge in [-0.15, -0.1) is 0 Å². The first-order valence-corrected chi connectivity index (χ1v) is 6.72. The highest BCUT2D eigenvalue weighted by atomic mass is 19.1. The average molecular weight is 288 g/mol. The summed E-state index contributed by atoms with van der Waals surface area (Å²) in [7, 11) is 0. The minimum atomic E-state index is -0.334. The molecule has 110 valence electrons. The lowest BCUT2D eigenvalue weighted by Gasteiger charge is -2.08. The molecule has 0 saturated carbocycles. The van der Waals surface area contributed by atoms with Crippen molar-refractivity contribution < 1.29 is 13.9 Å². The van der Waals surface area contributed by atoms with Crippen LogP contribution >= 0.6 is 0 Å². The molecule has 0 aliphatic carbocycles. The fourth-order valence-corrected chi connectivity index (χ4v) is 1.69. The number of hydrogen-bond acceptors (Lipinski definition) is 2. The third-order valence-electron chi connectivity index (χ3n) is 2.72. The number of benzene rings is 2. The van der Waals surface area contributed by atoms with Crippen molar-refractivity contribution in [2.45, 2.75) is 6.42 Å². The summed E-state index contributed by atoms with van der Waals surface area (Å²) in [6.45, 7) is 1.03. The lowest BCUT2D eigenvalue weighted by atomic mass is 10.3. The second-order valence-electron chi connectivity index (χ2n) is 4.40. The van der Waals surface area contributed by atoms with Gasteiger partial charge in [-0.25, -0.2) is 9.18 Å². The van der Waals surface area contributed by atoms with Gasteiger partial charge >= 0.3 is 6.03 Å². The molecule has 0 fully saturated rings. The van der Waals surface area contributed by atoms with Crippen LogP contribution in [0.3, 0.4) is 0 Å². The van der Waals surface area contributed by atoms with Gasteiger partial charge in [-0.2, -0.15) is 0 Å². The largest absolute Gasteiger partial charge is 0.494 e. The van der Waals surface area contributed by atoms with E-state index in [2.05, 4.69) is 10.6 Å². The number of halogens is 1. The van der Waals surface area contributed by atoms with Gasteiger partial charge in [0.05, 0.1) is 6.61 Å². The Labute approximate surface area is 122 Å². The number of rotatable bonds is 6. The van der Waals surface area contributed by atoms with Crippen LogP contribution in [0.4, 0.5) is 14.9 Å². The highest BCUT2D eigenvalue weighted by Gasteiger charge is 2.01. The van der Waals surface area contributed by atoms with E-state index < -0.39 is 0 Å². The van der Waals surface area contributed by atoms with Crippen molar-refractivity contribution in [1.82, 2.24) is 5.32 Å². The van der Waals surface area contributed by atoms with Crippen molar-refractivity contribution in [3.63, 3.8) is 0 Å². The molecular formula is C16H17FN2O2. The van der Waals surface area contributed by atoms with E-state index >= 15 is 0 Å². The summed E-state index contributed by atoms with van der Waals surface area (Å²) in [5.74, 6) is 0.479. The number of anilines is 1. The van der Waals surface area contributed by atoms with E-state index in [4.69, 9.17) is 4.74 Å². The summed E-state index contributed by atoms with van der Waals surface area (Å²) < 4.78 is 18.2. The van der Waals surface area contributed by atoms with E-state index in [0.717, 1.165) is 5.75 Å². The first-order chi connectivity index (χ1) is 10.2. The Bertz CT molecular complexity index is 558. The molecule has 0 unspecified atom stereocenters. The minimum absolute atomic E-state index is 0.318. The molecule has 0 aromatic heterocycles. The molecule has 0 aliphatic heterocycles. The van der Waals surface area contributed by atoms with E-state index in [9.17, 15) is 9.18 Å². The summed E-state index contributed by atoms with van der Waals surface area (Å²) >= 11 is 0. The van der Waals surface area contributed by atoms with Gasteiger partial charge in [0.2, 0.25) is 0 Å².